The molecule has 0 spiro atoms. The molecule has 0 saturated carbocycles. The van der Waals surface area contributed by atoms with Crippen LogP contribution in [0.25, 0.3) is 0 Å². The van der Waals surface area contributed by atoms with Gasteiger partial charge in [-0.25, -0.2) is 4.31 Å². The lowest BCUT2D eigenvalue weighted by molar-refractivity contribution is 0.147. The van der Waals surface area contributed by atoms with Gasteiger partial charge in [-0.05, 0) is 19.1 Å². The normalized spacial score (nSPS) is 34.1. The lowest BCUT2D eigenvalue weighted by Crippen LogP contribution is -2.50. The van der Waals surface area contributed by atoms with E-state index in [0.29, 0.717) is 0 Å². The van der Waals surface area contributed by atoms with Crippen molar-refractivity contribution in [3.63, 3.8) is 0 Å². The molecule has 3 N–H and O–H groups in total. The Morgan fingerprint density at radius 1 is 1.73 bits per heavy atom. The fraction of sp³-hybridized carbons (Fsp3) is 1.00. The molecule has 1 saturated heterocycles. The molecular formula is C7H16N2OS. The summed E-state index contributed by atoms with van der Waals surface area (Å²) in [6.07, 6.45) is 4.22. The first kappa shape index (κ1) is 9.32. The number of nitrogens with zero attached hydrogens (tertiary/aromatic N) is 1. The van der Waals surface area contributed by atoms with Gasteiger partial charge in [-0.3, -0.25) is 0 Å². The Bertz CT molecular complexity index is 123. The van der Waals surface area contributed by atoms with Crippen LogP contribution in [0.5, 0.6) is 0 Å². The second-order valence-corrected chi connectivity index (χ2v) is 3.71. The van der Waals surface area contributed by atoms with Crippen LogP contribution < -0.4 is 5.73 Å². The van der Waals surface area contributed by atoms with Crippen LogP contribution in [-0.4, -0.2) is 40.9 Å². The van der Waals surface area contributed by atoms with Crippen LogP contribution in [0.4, 0.5) is 0 Å². The maximum Gasteiger partial charge on any atom is 0.0611 e. The molecule has 1 aliphatic heterocycles. The van der Waals surface area contributed by atoms with Crippen LogP contribution in [0.3, 0.4) is 0 Å². The van der Waals surface area contributed by atoms with E-state index in [1.807, 2.05) is 6.26 Å². The van der Waals surface area contributed by atoms with Crippen molar-refractivity contribution >= 4 is 11.9 Å². The van der Waals surface area contributed by atoms with Crippen molar-refractivity contribution in [2.45, 2.75) is 24.9 Å². The summed E-state index contributed by atoms with van der Waals surface area (Å²) in [5, 5.41) is 9.03. The number of aliphatic hydroxyl groups is 1. The summed E-state index contributed by atoms with van der Waals surface area (Å²) >= 11 is 1.68. The maximum absolute atomic E-state index is 9.03. The van der Waals surface area contributed by atoms with Gasteiger partial charge in [0, 0.05) is 12.6 Å². The van der Waals surface area contributed by atoms with E-state index in [1.165, 1.54) is 0 Å². The van der Waals surface area contributed by atoms with Gasteiger partial charge in [-0.15, -0.1) is 0 Å². The first-order valence-corrected chi connectivity index (χ1v) is 5.15. The van der Waals surface area contributed by atoms with Gasteiger partial charge in [0.25, 0.3) is 0 Å². The lowest BCUT2D eigenvalue weighted by atomic mass is 10.0. The summed E-state index contributed by atoms with van der Waals surface area (Å²) in [5.74, 6) is 0. The van der Waals surface area contributed by atoms with E-state index in [2.05, 4.69) is 4.31 Å². The predicted octanol–water partition coefficient (Wildman–Crippen LogP) is 0.0484. The molecule has 0 aromatic carbocycles. The van der Waals surface area contributed by atoms with Gasteiger partial charge in [-0.2, -0.15) is 0 Å². The molecule has 1 fully saturated rings. The average molecular weight is 176 g/mol. The smallest absolute Gasteiger partial charge is 0.0611 e. The third-order valence-electron chi connectivity index (χ3n) is 2.20. The quantitative estimate of drug-likeness (QED) is 0.584. The van der Waals surface area contributed by atoms with Crippen molar-refractivity contribution in [2.24, 2.45) is 5.73 Å². The number of aliphatic hydroxyl groups excluding tert-OH is 1. The summed E-state index contributed by atoms with van der Waals surface area (Å²) in [4.78, 5) is 0. The second-order valence-electron chi connectivity index (χ2n) is 2.88. The highest BCUT2D eigenvalue weighted by atomic mass is 32.2. The monoisotopic (exact) mass is 176 g/mol. The van der Waals surface area contributed by atoms with Crippen molar-refractivity contribution in [1.29, 1.82) is 0 Å². The van der Waals surface area contributed by atoms with Gasteiger partial charge in [0.2, 0.25) is 0 Å². The van der Waals surface area contributed by atoms with Crippen molar-refractivity contribution in [2.75, 3.05) is 19.4 Å². The van der Waals surface area contributed by atoms with Crippen molar-refractivity contribution in [1.82, 2.24) is 4.31 Å². The van der Waals surface area contributed by atoms with Crippen molar-refractivity contribution in [3.8, 4) is 0 Å². The third-order valence-corrected chi connectivity index (χ3v) is 3.12. The van der Waals surface area contributed by atoms with E-state index in [1.54, 1.807) is 11.9 Å². The molecule has 0 bridgehead atoms. The van der Waals surface area contributed by atoms with Gasteiger partial charge < -0.3 is 10.8 Å². The number of rotatable bonds is 2. The van der Waals surface area contributed by atoms with Crippen LogP contribution in [0.15, 0.2) is 0 Å². The molecule has 11 heavy (non-hydrogen) atoms. The number of hydrogen-bond donors (Lipinski definition) is 2. The molecule has 0 radical (unpaired) electrons. The van der Waals surface area contributed by atoms with E-state index in [-0.39, 0.29) is 18.7 Å². The van der Waals surface area contributed by atoms with Crippen LogP contribution in [-0.2, 0) is 0 Å². The molecule has 0 amide bonds. The fourth-order valence-corrected chi connectivity index (χ4v) is 2.31. The Labute approximate surface area is 72.1 Å². The van der Waals surface area contributed by atoms with E-state index < -0.39 is 0 Å². The molecule has 1 rings (SSSR count). The molecule has 0 unspecified atom stereocenters. The fourth-order valence-electron chi connectivity index (χ4n) is 1.51. The lowest BCUT2D eigenvalue weighted by Gasteiger charge is -2.36. The molecule has 0 aromatic heterocycles. The molecule has 66 valence electrons. The maximum atomic E-state index is 9.03. The Balaban J connectivity index is 2.48. The molecule has 1 aliphatic rings. The number of hydrogen-bond acceptors (Lipinski definition) is 4. The van der Waals surface area contributed by atoms with Gasteiger partial charge in [0.15, 0.2) is 0 Å². The standard InChI is InChI=1S/C7H16N2OS/c1-11-9-4-2-3-6(8)7(9)5-10/h6-7,10H,2-5,8H2,1H3/t6-,7-/m1/s1. The first-order chi connectivity index (χ1) is 5.29. The molecule has 1 heterocycles. The summed E-state index contributed by atoms with van der Waals surface area (Å²) < 4.78 is 2.17. The van der Waals surface area contributed by atoms with Gasteiger partial charge in [0.1, 0.15) is 0 Å². The molecule has 3 nitrogen and oxygen atoms in total. The van der Waals surface area contributed by atoms with Crippen molar-refractivity contribution < 1.29 is 5.11 Å². The third kappa shape index (κ3) is 2.08. The highest BCUT2D eigenvalue weighted by Crippen LogP contribution is 2.21. The highest BCUT2D eigenvalue weighted by Gasteiger charge is 2.27. The Kier molecular flexibility index (Phi) is 3.65. The van der Waals surface area contributed by atoms with Gasteiger partial charge >= 0.3 is 0 Å². The summed E-state index contributed by atoms with van der Waals surface area (Å²) in [5.41, 5.74) is 5.84. The van der Waals surface area contributed by atoms with Crippen LogP contribution in [0, 0.1) is 0 Å². The highest BCUT2D eigenvalue weighted by molar-refractivity contribution is 7.96. The van der Waals surface area contributed by atoms with Gasteiger partial charge in [-0.1, -0.05) is 11.9 Å². The van der Waals surface area contributed by atoms with E-state index in [4.69, 9.17) is 10.8 Å². The zero-order valence-electron chi connectivity index (χ0n) is 6.86. The summed E-state index contributed by atoms with van der Waals surface area (Å²) in [6, 6.07) is 0.319. The Hall–Kier alpha value is 0.230. The molecule has 4 heteroatoms. The molecular weight excluding hydrogens is 160 g/mol. The largest absolute Gasteiger partial charge is 0.395 e. The minimum Gasteiger partial charge on any atom is -0.395 e. The molecule has 0 aliphatic carbocycles. The zero-order valence-corrected chi connectivity index (χ0v) is 7.68. The van der Waals surface area contributed by atoms with E-state index in [0.717, 1.165) is 19.4 Å². The zero-order chi connectivity index (χ0) is 8.27. The van der Waals surface area contributed by atoms with Crippen LogP contribution in [0.1, 0.15) is 12.8 Å². The van der Waals surface area contributed by atoms with E-state index >= 15 is 0 Å². The number of piperidine rings is 1. The molecule has 2 atom stereocenters. The van der Waals surface area contributed by atoms with Crippen molar-refractivity contribution in [3.05, 3.63) is 0 Å². The second kappa shape index (κ2) is 4.30. The predicted molar refractivity (Wildman–Crippen MR) is 48.3 cm³/mol. The van der Waals surface area contributed by atoms with Crippen LogP contribution in [0.2, 0.25) is 0 Å². The Morgan fingerprint density at radius 3 is 2.91 bits per heavy atom. The minimum absolute atomic E-state index is 0.154. The SMILES string of the molecule is CSN1CCC[C@@H](N)[C@H]1CO. The molecule has 0 aromatic rings. The topological polar surface area (TPSA) is 49.5 Å². The minimum atomic E-state index is 0.154. The van der Waals surface area contributed by atoms with E-state index in [9.17, 15) is 0 Å². The summed E-state index contributed by atoms with van der Waals surface area (Å²) in [7, 11) is 0. The average Bonchev–Trinajstić information content (AvgIpc) is 2.04. The summed E-state index contributed by atoms with van der Waals surface area (Å²) in [6.45, 7) is 1.24. The van der Waals surface area contributed by atoms with Crippen LogP contribution >= 0.6 is 11.9 Å². The Morgan fingerprint density at radius 2 is 2.45 bits per heavy atom. The number of nitrogens with two attached hydrogens (primary N) is 1. The first-order valence-electron chi connectivity index (χ1n) is 3.96. The van der Waals surface area contributed by atoms with Gasteiger partial charge in [0.05, 0.1) is 12.6 Å².